The summed E-state index contributed by atoms with van der Waals surface area (Å²) in [6.07, 6.45) is 3.70. The molecule has 0 spiro atoms. The number of nitrogens with two attached hydrogens (primary N) is 1. The highest BCUT2D eigenvalue weighted by atomic mass is 15.1. The summed E-state index contributed by atoms with van der Waals surface area (Å²) < 4.78 is 1.75. The standard InChI is InChI=1S/C6H9N3/c1-8-6(7)9-4-2-3-5-9/h2-5H,1H3,(H2,7,8). The Balaban J connectivity index is 2.90. The minimum absolute atomic E-state index is 0.514. The lowest BCUT2D eigenvalue weighted by atomic mass is 10.7. The van der Waals surface area contributed by atoms with Crippen LogP contribution >= 0.6 is 0 Å². The van der Waals surface area contributed by atoms with E-state index < -0.39 is 0 Å². The summed E-state index contributed by atoms with van der Waals surface area (Å²) in [7, 11) is 1.66. The molecule has 1 rings (SSSR count). The number of aromatic nitrogens is 1. The average Bonchev–Trinajstić information content (AvgIpc) is 2.37. The van der Waals surface area contributed by atoms with E-state index >= 15 is 0 Å². The maximum Gasteiger partial charge on any atom is 0.199 e. The van der Waals surface area contributed by atoms with Gasteiger partial charge in [-0.3, -0.25) is 9.56 Å². The third-order valence-electron chi connectivity index (χ3n) is 1.10. The van der Waals surface area contributed by atoms with Gasteiger partial charge < -0.3 is 5.73 Å². The van der Waals surface area contributed by atoms with Crippen molar-refractivity contribution in [3.05, 3.63) is 24.5 Å². The highest BCUT2D eigenvalue weighted by Gasteiger charge is 1.87. The van der Waals surface area contributed by atoms with E-state index in [1.165, 1.54) is 0 Å². The summed E-state index contributed by atoms with van der Waals surface area (Å²) in [5.74, 6) is 0.514. The van der Waals surface area contributed by atoms with Gasteiger partial charge in [0.05, 0.1) is 0 Å². The molecule has 1 aromatic heterocycles. The normalized spacial score (nSPS) is 11.9. The van der Waals surface area contributed by atoms with Gasteiger partial charge in [0.15, 0.2) is 5.96 Å². The monoisotopic (exact) mass is 123 g/mol. The van der Waals surface area contributed by atoms with Crippen LogP contribution in [0.25, 0.3) is 0 Å². The van der Waals surface area contributed by atoms with Crippen molar-refractivity contribution < 1.29 is 0 Å². The lowest BCUT2D eigenvalue weighted by molar-refractivity contribution is 1.11. The predicted octanol–water partition coefficient (Wildman–Crippen LogP) is 0.281. The second kappa shape index (κ2) is 2.35. The van der Waals surface area contributed by atoms with Gasteiger partial charge in [0, 0.05) is 19.4 Å². The molecule has 0 radical (unpaired) electrons. The molecule has 0 aromatic carbocycles. The number of nitrogens with zero attached hydrogens (tertiary/aromatic N) is 2. The van der Waals surface area contributed by atoms with E-state index in [1.807, 2.05) is 24.5 Å². The van der Waals surface area contributed by atoms with Crippen molar-refractivity contribution in [2.75, 3.05) is 7.05 Å². The van der Waals surface area contributed by atoms with Crippen LogP contribution in [0.3, 0.4) is 0 Å². The highest BCUT2D eigenvalue weighted by molar-refractivity contribution is 5.80. The minimum Gasteiger partial charge on any atom is -0.369 e. The molecule has 0 aliphatic heterocycles. The summed E-state index contributed by atoms with van der Waals surface area (Å²) in [5, 5.41) is 0. The molecule has 0 bridgehead atoms. The Morgan fingerprint density at radius 3 is 2.44 bits per heavy atom. The highest BCUT2D eigenvalue weighted by Crippen LogP contribution is 1.85. The molecule has 0 fully saturated rings. The second-order valence-corrected chi connectivity index (χ2v) is 1.67. The molecule has 1 heterocycles. The van der Waals surface area contributed by atoms with E-state index in [1.54, 1.807) is 11.6 Å². The predicted molar refractivity (Wildman–Crippen MR) is 37.4 cm³/mol. The molecule has 2 N–H and O–H groups in total. The number of hydrogen-bond acceptors (Lipinski definition) is 1. The molecule has 0 amide bonds. The van der Waals surface area contributed by atoms with Crippen LogP contribution in [-0.4, -0.2) is 17.6 Å². The van der Waals surface area contributed by atoms with Crippen molar-refractivity contribution in [3.63, 3.8) is 0 Å². The molecule has 0 atom stereocenters. The fourth-order valence-corrected chi connectivity index (χ4v) is 0.603. The molecular formula is C6H9N3. The van der Waals surface area contributed by atoms with Gasteiger partial charge >= 0.3 is 0 Å². The fourth-order valence-electron chi connectivity index (χ4n) is 0.603. The maximum atomic E-state index is 5.45. The number of rotatable bonds is 0. The molecule has 3 nitrogen and oxygen atoms in total. The fraction of sp³-hybridized carbons (Fsp3) is 0.167. The third kappa shape index (κ3) is 1.10. The van der Waals surface area contributed by atoms with Gasteiger partial charge in [-0.15, -0.1) is 0 Å². The van der Waals surface area contributed by atoms with Crippen LogP contribution in [-0.2, 0) is 0 Å². The van der Waals surface area contributed by atoms with Gasteiger partial charge in [0.2, 0.25) is 0 Å². The van der Waals surface area contributed by atoms with Crippen molar-refractivity contribution >= 4 is 5.96 Å². The first-order valence-corrected chi connectivity index (χ1v) is 2.70. The Morgan fingerprint density at radius 2 is 2.00 bits per heavy atom. The van der Waals surface area contributed by atoms with Crippen LogP contribution in [0.5, 0.6) is 0 Å². The summed E-state index contributed by atoms with van der Waals surface area (Å²) >= 11 is 0. The second-order valence-electron chi connectivity index (χ2n) is 1.67. The summed E-state index contributed by atoms with van der Waals surface area (Å²) in [6, 6.07) is 3.80. The first-order chi connectivity index (χ1) is 4.34. The molecule has 9 heavy (non-hydrogen) atoms. The quantitative estimate of drug-likeness (QED) is 0.391. The summed E-state index contributed by atoms with van der Waals surface area (Å²) in [5.41, 5.74) is 5.45. The molecule has 0 unspecified atom stereocenters. The van der Waals surface area contributed by atoms with Crippen molar-refractivity contribution in [2.45, 2.75) is 0 Å². The lowest BCUT2D eigenvalue weighted by Crippen LogP contribution is -2.19. The van der Waals surface area contributed by atoms with Crippen LogP contribution in [0.15, 0.2) is 29.5 Å². The molecule has 48 valence electrons. The van der Waals surface area contributed by atoms with Crippen LogP contribution < -0.4 is 5.73 Å². The topological polar surface area (TPSA) is 43.3 Å². The number of aliphatic imine (C=N–C) groups is 1. The van der Waals surface area contributed by atoms with E-state index in [2.05, 4.69) is 4.99 Å². The Morgan fingerprint density at radius 1 is 1.44 bits per heavy atom. The smallest absolute Gasteiger partial charge is 0.199 e. The molecule has 0 saturated heterocycles. The van der Waals surface area contributed by atoms with E-state index in [-0.39, 0.29) is 0 Å². The summed E-state index contributed by atoms with van der Waals surface area (Å²) in [4.78, 5) is 3.79. The Labute approximate surface area is 53.8 Å². The van der Waals surface area contributed by atoms with Crippen molar-refractivity contribution in [1.29, 1.82) is 0 Å². The van der Waals surface area contributed by atoms with Gasteiger partial charge in [-0.1, -0.05) is 0 Å². The zero-order valence-electron chi connectivity index (χ0n) is 5.28. The zero-order valence-corrected chi connectivity index (χ0v) is 5.28. The van der Waals surface area contributed by atoms with Crippen LogP contribution in [0.2, 0.25) is 0 Å². The molecular weight excluding hydrogens is 114 g/mol. The number of hydrogen-bond donors (Lipinski definition) is 1. The van der Waals surface area contributed by atoms with Crippen LogP contribution in [0, 0.1) is 0 Å². The first kappa shape index (κ1) is 5.88. The third-order valence-corrected chi connectivity index (χ3v) is 1.10. The molecule has 3 heteroatoms. The largest absolute Gasteiger partial charge is 0.369 e. The Hall–Kier alpha value is -1.25. The maximum absolute atomic E-state index is 5.45. The zero-order chi connectivity index (χ0) is 6.69. The van der Waals surface area contributed by atoms with Gasteiger partial charge in [-0.05, 0) is 12.1 Å². The molecule has 1 aromatic rings. The Bertz CT molecular complexity index is 198. The molecule has 0 aliphatic rings. The lowest BCUT2D eigenvalue weighted by Gasteiger charge is -1.96. The van der Waals surface area contributed by atoms with Crippen LogP contribution in [0.1, 0.15) is 0 Å². The van der Waals surface area contributed by atoms with Gasteiger partial charge in [-0.2, -0.15) is 0 Å². The average molecular weight is 123 g/mol. The molecule has 0 aliphatic carbocycles. The SMILES string of the molecule is CN=C(N)n1cccc1. The Kier molecular flexibility index (Phi) is 1.53. The van der Waals surface area contributed by atoms with Crippen molar-refractivity contribution in [3.8, 4) is 0 Å². The minimum atomic E-state index is 0.514. The van der Waals surface area contributed by atoms with E-state index in [0.717, 1.165) is 0 Å². The van der Waals surface area contributed by atoms with E-state index in [9.17, 15) is 0 Å². The van der Waals surface area contributed by atoms with Gasteiger partial charge in [-0.25, -0.2) is 0 Å². The molecule has 0 saturated carbocycles. The van der Waals surface area contributed by atoms with Gasteiger partial charge in [0.25, 0.3) is 0 Å². The van der Waals surface area contributed by atoms with Crippen molar-refractivity contribution in [2.24, 2.45) is 10.7 Å². The van der Waals surface area contributed by atoms with E-state index in [0.29, 0.717) is 5.96 Å². The van der Waals surface area contributed by atoms with Gasteiger partial charge in [0.1, 0.15) is 0 Å². The van der Waals surface area contributed by atoms with Crippen LogP contribution in [0.4, 0.5) is 0 Å². The van der Waals surface area contributed by atoms with E-state index in [4.69, 9.17) is 5.73 Å². The summed E-state index contributed by atoms with van der Waals surface area (Å²) in [6.45, 7) is 0. The first-order valence-electron chi connectivity index (χ1n) is 2.70. The van der Waals surface area contributed by atoms with Crippen molar-refractivity contribution in [1.82, 2.24) is 4.57 Å².